The summed E-state index contributed by atoms with van der Waals surface area (Å²) in [4.78, 5) is 29.1. The summed E-state index contributed by atoms with van der Waals surface area (Å²) < 4.78 is 5.85. The maximum atomic E-state index is 13.7. The van der Waals surface area contributed by atoms with E-state index in [1.165, 1.54) is 5.56 Å². The van der Waals surface area contributed by atoms with Crippen LogP contribution in [-0.2, 0) is 22.6 Å². The van der Waals surface area contributed by atoms with Gasteiger partial charge in [-0.2, -0.15) is 0 Å². The predicted molar refractivity (Wildman–Crippen MR) is 152 cm³/mol. The van der Waals surface area contributed by atoms with E-state index in [2.05, 4.69) is 5.32 Å². The molecule has 1 N–H and O–H groups in total. The Bertz CT molecular complexity index is 1180. The van der Waals surface area contributed by atoms with Crippen LogP contribution in [0.3, 0.4) is 0 Å². The molecule has 0 spiro atoms. The van der Waals surface area contributed by atoms with Crippen molar-refractivity contribution in [2.45, 2.75) is 70.5 Å². The third-order valence-corrected chi connectivity index (χ3v) is 7.27. The number of hydrogen-bond acceptors (Lipinski definition) is 3. The number of rotatable bonds is 12. The van der Waals surface area contributed by atoms with Crippen LogP contribution in [-0.4, -0.2) is 35.4 Å². The zero-order valence-corrected chi connectivity index (χ0v) is 22.8. The number of hydrogen-bond donors (Lipinski definition) is 1. The van der Waals surface area contributed by atoms with Crippen molar-refractivity contribution in [3.8, 4) is 5.75 Å². The number of halogens is 1. The van der Waals surface area contributed by atoms with Crippen molar-refractivity contribution in [2.75, 3.05) is 6.61 Å². The highest BCUT2D eigenvalue weighted by Crippen LogP contribution is 2.21. The maximum Gasteiger partial charge on any atom is 0.243 e. The first-order chi connectivity index (χ1) is 18.5. The first-order valence-corrected chi connectivity index (χ1v) is 13.9. The Morgan fingerprint density at radius 1 is 0.974 bits per heavy atom. The summed E-state index contributed by atoms with van der Waals surface area (Å²) >= 11 is 6.26. The number of benzene rings is 3. The lowest BCUT2D eigenvalue weighted by Gasteiger charge is -2.32. The first-order valence-electron chi connectivity index (χ1n) is 13.6. The topological polar surface area (TPSA) is 58.6 Å². The molecule has 6 heteroatoms. The van der Waals surface area contributed by atoms with E-state index in [0.29, 0.717) is 31.0 Å². The van der Waals surface area contributed by atoms with Gasteiger partial charge in [0.25, 0.3) is 0 Å². The van der Waals surface area contributed by atoms with Crippen LogP contribution in [0.4, 0.5) is 0 Å². The quantitative estimate of drug-likeness (QED) is 0.271. The summed E-state index contributed by atoms with van der Waals surface area (Å²) in [6.45, 7) is 2.77. The first kappa shape index (κ1) is 27.7. The van der Waals surface area contributed by atoms with Gasteiger partial charge in [0, 0.05) is 30.5 Å². The zero-order valence-electron chi connectivity index (χ0n) is 22.1. The summed E-state index contributed by atoms with van der Waals surface area (Å²) in [5.74, 6) is 0.628. The van der Waals surface area contributed by atoms with Gasteiger partial charge in [-0.25, -0.2) is 0 Å². The third-order valence-electron chi connectivity index (χ3n) is 7.04. The molecule has 0 saturated heterocycles. The Kier molecular flexibility index (Phi) is 10.2. The van der Waals surface area contributed by atoms with Crippen molar-refractivity contribution in [2.24, 2.45) is 0 Å². The normalized spacial score (nSPS) is 14.2. The fraction of sp³-hybridized carbons (Fsp3) is 0.375. The van der Waals surface area contributed by atoms with Crippen LogP contribution in [0.15, 0.2) is 78.9 Å². The Morgan fingerprint density at radius 2 is 1.68 bits per heavy atom. The van der Waals surface area contributed by atoms with Gasteiger partial charge in [0.2, 0.25) is 11.8 Å². The SMILES string of the molecule is Cc1ccc(OCCCC(=O)N(Cc2cccc(Cl)c2)[C@@H](Cc2ccccc2)C(=O)NC2CCCC2)cc1. The van der Waals surface area contributed by atoms with Crippen LogP contribution in [0, 0.1) is 6.92 Å². The molecule has 3 aromatic carbocycles. The Morgan fingerprint density at radius 3 is 2.39 bits per heavy atom. The molecule has 0 unspecified atom stereocenters. The minimum atomic E-state index is -0.623. The van der Waals surface area contributed by atoms with E-state index in [0.717, 1.165) is 42.6 Å². The molecule has 1 saturated carbocycles. The van der Waals surface area contributed by atoms with Crippen LogP contribution in [0.25, 0.3) is 0 Å². The van der Waals surface area contributed by atoms with Gasteiger partial charge in [-0.1, -0.05) is 84.6 Å². The maximum absolute atomic E-state index is 13.7. The van der Waals surface area contributed by atoms with Gasteiger partial charge in [-0.3, -0.25) is 9.59 Å². The molecule has 1 atom stereocenters. The van der Waals surface area contributed by atoms with Crippen molar-refractivity contribution in [3.05, 3.63) is 101 Å². The van der Waals surface area contributed by atoms with Crippen molar-refractivity contribution < 1.29 is 14.3 Å². The molecule has 0 aliphatic heterocycles. The fourth-order valence-electron chi connectivity index (χ4n) is 4.95. The number of aryl methyl sites for hydroxylation is 1. The van der Waals surface area contributed by atoms with Crippen molar-refractivity contribution in [1.82, 2.24) is 10.2 Å². The number of carbonyl (C=O) groups excluding carboxylic acids is 2. The zero-order chi connectivity index (χ0) is 26.7. The van der Waals surface area contributed by atoms with Crippen molar-refractivity contribution in [3.63, 3.8) is 0 Å². The van der Waals surface area contributed by atoms with Gasteiger partial charge in [-0.05, 0) is 61.6 Å². The molecule has 1 aliphatic carbocycles. The van der Waals surface area contributed by atoms with E-state index in [1.54, 1.807) is 4.90 Å². The Balaban J connectivity index is 1.51. The molecule has 5 nitrogen and oxygen atoms in total. The van der Waals surface area contributed by atoms with Crippen LogP contribution >= 0.6 is 11.6 Å². The molecule has 38 heavy (non-hydrogen) atoms. The second kappa shape index (κ2) is 14.0. The van der Waals surface area contributed by atoms with E-state index >= 15 is 0 Å². The van der Waals surface area contributed by atoms with Gasteiger partial charge in [0.1, 0.15) is 11.8 Å². The summed E-state index contributed by atoms with van der Waals surface area (Å²) in [7, 11) is 0. The molecule has 0 bridgehead atoms. The van der Waals surface area contributed by atoms with Gasteiger partial charge >= 0.3 is 0 Å². The van der Waals surface area contributed by atoms with E-state index in [9.17, 15) is 9.59 Å². The van der Waals surface area contributed by atoms with Crippen molar-refractivity contribution in [1.29, 1.82) is 0 Å². The average Bonchev–Trinajstić information content (AvgIpc) is 3.43. The van der Waals surface area contributed by atoms with Gasteiger partial charge in [-0.15, -0.1) is 0 Å². The lowest BCUT2D eigenvalue weighted by atomic mass is 10.0. The van der Waals surface area contributed by atoms with Crippen LogP contribution in [0.1, 0.15) is 55.2 Å². The molecule has 0 radical (unpaired) electrons. The highest BCUT2D eigenvalue weighted by Gasteiger charge is 2.32. The summed E-state index contributed by atoms with van der Waals surface area (Å²) in [6, 6.07) is 24.8. The highest BCUT2D eigenvalue weighted by atomic mass is 35.5. The molecule has 3 aromatic rings. The minimum absolute atomic E-state index is 0.0695. The smallest absolute Gasteiger partial charge is 0.243 e. The molecule has 1 fully saturated rings. The largest absolute Gasteiger partial charge is 0.494 e. The number of nitrogens with zero attached hydrogens (tertiary/aromatic N) is 1. The lowest BCUT2D eigenvalue weighted by molar-refractivity contribution is -0.141. The van der Waals surface area contributed by atoms with Crippen LogP contribution in [0.2, 0.25) is 5.02 Å². The Hall–Kier alpha value is -3.31. The van der Waals surface area contributed by atoms with Crippen molar-refractivity contribution >= 4 is 23.4 Å². The molecular weight excluding hydrogens is 496 g/mol. The van der Waals surface area contributed by atoms with Gasteiger partial charge < -0.3 is 15.0 Å². The van der Waals surface area contributed by atoms with E-state index in [1.807, 2.05) is 85.8 Å². The molecule has 0 aromatic heterocycles. The van der Waals surface area contributed by atoms with Crippen LogP contribution < -0.4 is 10.1 Å². The lowest BCUT2D eigenvalue weighted by Crippen LogP contribution is -2.52. The summed E-state index contributed by atoms with van der Waals surface area (Å²) in [5.41, 5.74) is 3.09. The molecule has 2 amide bonds. The van der Waals surface area contributed by atoms with Crippen LogP contribution in [0.5, 0.6) is 5.75 Å². The van der Waals surface area contributed by atoms with E-state index in [4.69, 9.17) is 16.3 Å². The third kappa shape index (κ3) is 8.35. The molecular formula is C32H37ClN2O3. The second-order valence-corrected chi connectivity index (χ2v) is 10.5. The van der Waals surface area contributed by atoms with Gasteiger partial charge in [0.05, 0.1) is 6.61 Å². The molecule has 200 valence electrons. The van der Waals surface area contributed by atoms with E-state index < -0.39 is 6.04 Å². The average molecular weight is 533 g/mol. The van der Waals surface area contributed by atoms with Gasteiger partial charge in [0.15, 0.2) is 0 Å². The number of nitrogens with one attached hydrogen (secondary N) is 1. The molecule has 4 rings (SSSR count). The molecule has 1 aliphatic rings. The highest BCUT2D eigenvalue weighted by molar-refractivity contribution is 6.30. The number of amides is 2. The number of ether oxygens (including phenoxy) is 1. The standard InChI is InChI=1S/C32H37ClN2O3/c1-24-16-18-29(19-17-24)38-20-8-15-31(36)35(23-26-11-7-12-27(33)21-26)30(22-25-9-3-2-4-10-25)32(37)34-28-13-5-6-14-28/h2-4,7,9-12,16-19,21,28,30H,5-6,8,13-15,20,22-23H2,1H3,(H,34,37)/t30-/m0/s1. The summed E-state index contributed by atoms with van der Waals surface area (Å²) in [6.07, 6.45) is 5.52. The fourth-order valence-corrected chi connectivity index (χ4v) is 5.16. The Labute approximate surface area is 231 Å². The minimum Gasteiger partial charge on any atom is -0.494 e. The predicted octanol–water partition coefficient (Wildman–Crippen LogP) is 6.51. The molecule has 0 heterocycles. The summed E-state index contributed by atoms with van der Waals surface area (Å²) in [5, 5.41) is 3.85. The van der Waals surface area contributed by atoms with E-state index in [-0.39, 0.29) is 24.3 Å². The number of carbonyl (C=O) groups is 2. The monoisotopic (exact) mass is 532 g/mol. The second-order valence-electron chi connectivity index (χ2n) is 10.1.